The van der Waals surface area contributed by atoms with Crippen molar-refractivity contribution in [1.29, 1.82) is 0 Å². The zero-order chi connectivity index (χ0) is 52.0. The molecule has 74 heavy (non-hydrogen) atoms. The Kier molecular flexibility index (Phi) is 14.9. The molecule has 0 spiro atoms. The number of imide groups is 1. The van der Waals surface area contributed by atoms with Crippen LogP contribution in [-0.2, 0) is 22.2 Å². The number of nitrogens with one attached hydrogen (secondary N) is 2. The number of nitrogens with zero attached hydrogens (tertiary/aromatic N) is 5. The highest BCUT2D eigenvalue weighted by Crippen LogP contribution is 2.56. The molecule has 0 bridgehead atoms. The van der Waals surface area contributed by atoms with Crippen LogP contribution >= 0.6 is 23.2 Å². The van der Waals surface area contributed by atoms with E-state index in [0.29, 0.717) is 34.8 Å². The van der Waals surface area contributed by atoms with Crippen molar-refractivity contribution in [2.45, 2.75) is 88.2 Å². The van der Waals surface area contributed by atoms with Gasteiger partial charge in [0.05, 0.1) is 22.7 Å². The molecule has 4 aliphatic heterocycles. The minimum absolute atomic E-state index is 0.0529. The molecule has 5 N–H and O–H groups in total. The number of nitrogens with two attached hydrogens (primary N) is 1. The summed E-state index contributed by atoms with van der Waals surface area (Å²) in [5, 5.41) is 21.2. The molecule has 0 radical (unpaired) electrons. The summed E-state index contributed by atoms with van der Waals surface area (Å²) < 4.78 is 46.4. The van der Waals surface area contributed by atoms with E-state index in [4.69, 9.17) is 38.4 Å². The van der Waals surface area contributed by atoms with Crippen molar-refractivity contribution in [1.82, 2.24) is 30.2 Å². The van der Waals surface area contributed by atoms with Gasteiger partial charge in [0.25, 0.3) is 0 Å². The average Bonchev–Trinajstić information content (AvgIpc) is 3.87. The maximum absolute atomic E-state index is 16.5. The molecule has 1 aromatic heterocycles. The van der Waals surface area contributed by atoms with Crippen LogP contribution in [0.4, 0.5) is 19.4 Å². The minimum atomic E-state index is -1.11. The number of fused-ring (bicyclic) bond motifs is 2. The molecule has 1 aliphatic carbocycles. The van der Waals surface area contributed by atoms with Gasteiger partial charge in [-0.25, -0.2) is 13.6 Å². The highest BCUT2D eigenvalue weighted by atomic mass is 35.5. The predicted molar refractivity (Wildman–Crippen MR) is 278 cm³/mol. The Bertz CT molecular complexity index is 2970. The van der Waals surface area contributed by atoms with E-state index in [1.165, 1.54) is 23.1 Å². The second-order valence-electron chi connectivity index (χ2n) is 20.6. The number of aromatic nitrogens is 2. The fourth-order valence-corrected chi connectivity index (χ4v) is 12.8. The Labute approximate surface area is 438 Å². The van der Waals surface area contributed by atoms with E-state index < -0.39 is 40.1 Å². The Morgan fingerprint density at radius 1 is 0.946 bits per heavy atom. The van der Waals surface area contributed by atoms with Crippen LogP contribution in [0.3, 0.4) is 0 Å². The lowest BCUT2D eigenvalue weighted by molar-refractivity contribution is -0.138. The van der Waals surface area contributed by atoms with Gasteiger partial charge in [-0.05, 0) is 112 Å². The minimum Gasteiger partial charge on any atom is -0.488 e. The number of hydrogen-bond acceptors (Lipinski definition) is 10. The van der Waals surface area contributed by atoms with Crippen LogP contribution in [0.25, 0.3) is 22.0 Å². The number of benzene rings is 4. The van der Waals surface area contributed by atoms with Gasteiger partial charge in [0.1, 0.15) is 18.2 Å². The molecule has 5 aliphatic rings. The SMILES string of the molecule is CC1c2c(cc(F)c(Cl)c2-c2c(C(N)=O)ccc(OCCO)c2F)OC1(CNC1CCC(C(=O)N2CCC(CN3CCC(c4cc5c(cc4Cl)c(N4CCC(=O)NC4=O)nn5C)CC3)CC2)CC1)c1ccccc1. The maximum atomic E-state index is 16.5. The summed E-state index contributed by atoms with van der Waals surface area (Å²) in [6.45, 7) is 6.31. The molecule has 2 atom stereocenters. The molecular formula is C55H62Cl2F2N8O7. The van der Waals surface area contributed by atoms with Crippen LogP contribution in [0, 0.1) is 23.5 Å². The van der Waals surface area contributed by atoms with E-state index in [1.807, 2.05) is 50.4 Å². The summed E-state index contributed by atoms with van der Waals surface area (Å²) in [5.41, 5.74) is 7.28. The first-order valence-corrected chi connectivity index (χ1v) is 26.6. The average molecular weight is 1060 g/mol. The van der Waals surface area contributed by atoms with Gasteiger partial charge in [0, 0.05) is 97.2 Å². The number of halogens is 4. The number of aliphatic hydroxyl groups excluding tert-OH is 1. The standard InChI is InChI=1S/C55H62Cl2F2N8O7/c1-31-46-44(28-41(58)49(57)48(46)47-37(51(60)70)12-13-43(50(47)59)73-25-24-68)74-55(31,35-6-4-3-5-7-35)30-61-36-10-8-34(9-11-36)53(71)66-21-14-32(15-22-66)29-65-19-16-33(17-20-65)38-27-42-39(26-40(38)56)52(63-64(42)2)67-23-18-45(69)62-54(67)72/h3-7,12-13,26-28,31-34,36,61,68H,8-11,14-25,29-30H2,1-2H3,(H2,60,70)(H,62,69,72). The number of aliphatic hydroxyl groups is 1. The van der Waals surface area contributed by atoms with Crippen molar-refractivity contribution < 1.29 is 42.5 Å². The molecule has 5 aromatic rings. The summed E-state index contributed by atoms with van der Waals surface area (Å²) in [4.78, 5) is 57.3. The highest BCUT2D eigenvalue weighted by molar-refractivity contribution is 6.34. The van der Waals surface area contributed by atoms with Crippen molar-refractivity contribution in [2.75, 3.05) is 63.9 Å². The van der Waals surface area contributed by atoms with Crippen LogP contribution in [0.2, 0.25) is 10.0 Å². The van der Waals surface area contributed by atoms with Crippen LogP contribution in [0.15, 0.2) is 60.7 Å². The van der Waals surface area contributed by atoms with E-state index in [0.717, 1.165) is 106 Å². The van der Waals surface area contributed by atoms with Crippen LogP contribution in [-0.4, -0.2) is 114 Å². The molecule has 4 fully saturated rings. The fraction of sp³-hybridized carbons (Fsp3) is 0.473. The number of amides is 5. The second-order valence-corrected chi connectivity index (χ2v) is 21.4. The van der Waals surface area contributed by atoms with Gasteiger partial charge in [-0.15, -0.1) is 0 Å². The summed E-state index contributed by atoms with van der Waals surface area (Å²) >= 11 is 13.7. The highest BCUT2D eigenvalue weighted by Gasteiger charge is 2.50. The third-order valence-corrected chi connectivity index (χ3v) is 17.0. The first kappa shape index (κ1) is 51.6. The number of hydrogen-bond donors (Lipinski definition) is 4. The number of anilines is 1. The molecule has 15 nitrogen and oxygen atoms in total. The summed E-state index contributed by atoms with van der Waals surface area (Å²) in [5.74, 6) is -2.24. The van der Waals surface area contributed by atoms with Gasteiger partial charge in [-0.1, -0.05) is 60.5 Å². The second kappa shape index (κ2) is 21.4. The smallest absolute Gasteiger partial charge is 0.329 e. The van der Waals surface area contributed by atoms with E-state index in [1.54, 1.807) is 4.68 Å². The first-order chi connectivity index (χ1) is 35.6. The van der Waals surface area contributed by atoms with Gasteiger partial charge in [-0.3, -0.25) is 29.3 Å². The number of urea groups is 1. The molecule has 5 heterocycles. The summed E-state index contributed by atoms with van der Waals surface area (Å²) in [7, 11) is 1.86. The van der Waals surface area contributed by atoms with Crippen molar-refractivity contribution >= 4 is 63.7 Å². The van der Waals surface area contributed by atoms with Crippen LogP contribution in [0.1, 0.15) is 104 Å². The number of rotatable bonds is 14. The number of carbonyl (C=O) groups excluding carboxylic acids is 4. The molecule has 392 valence electrons. The monoisotopic (exact) mass is 1050 g/mol. The quantitative estimate of drug-likeness (QED) is 0.0843. The maximum Gasteiger partial charge on any atom is 0.329 e. The third kappa shape index (κ3) is 9.81. The van der Waals surface area contributed by atoms with E-state index in [-0.39, 0.29) is 78.1 Å². The predicted octanol–water partition coefficient (Wildman–Crippen LogP) is 8.40. The normalized spacial score (nSPS) is 23.0. The van der Waals surface area contributed by atoms with E-state index >= 15 is 8.78 Å². The molecule has 1 saturated carbocycles. The van der Waals surface area contributed by atoms with Crippen molar-refractivity contribution in [3.8, 4) is 22.6 Å². The number of likely N-dealkylation sites (tertiary alicyclic amines) is 2. The summed E-state index contributed by atoms with van der Waals surface area (Å²) in [6.07, 6.45) is 7.13. The number of ether oxygens (including phenoxy) is 2. The molecule has 19 heteroatoms. The van der Waals surface area contributed by atoms with Crippen molar-refractivity contribution in [3.05, 3.63) is 105 Å². The Hall–Kier alpha value is -5.85. The van der Waals surface area contributed by atoms with E-state index in [2.05, 4.69) is 31.6 Å². The Morgan fingerprint density at radius 2 is 1.68 bits per heavy atom. The molecular weight excluding hydrogens is 994 g/mol. The van der Waals surface area contributed by atoms with Gasteiger partial charge in [0.2, 0.25) is 17.7 Å². The molecule has 2 unspecified atom stereocenters. The third-order valence-electron chi connectivity index (χ3n) is 16.3. The zero-order valence-corrected chi connectivity index (χ0v) is 43.1. The lowest BCUT2D eigenvalue weighted by atomic mass is 9.77. The molecule has 4 aromatic carbocycles. The lowest BCUT2D eigenvalue weighted by Gasteiger charge is -2.40. The number of aryl methyl sites for hydroxylation is 1. The number of primary amides is 1. The molecule has 10 rings (SSSR count). The summed E-state index contributed by atoms with van der Waals surface area (Å²) in [6, 6.07) is 16.9. The van der Waals surface area contributed by atoms with Gasteiger partial charge in [-0.2, -0.15) is 5.10 Å². The number of piperidine rings is 2. The Morgan fingerprint density at radius 3 is 2.36 bits per heavy atom. The zero-order valence-electron chi connectivity index (χ0n) is 41.6. The van der Waals surface area contributed by atoms with E-state index in [9.17, 15) is 24.3 Å². The topological polar surface area (TPSA) is 185 Å². The number of carbonyl (C=O) groups is 4. The van der Waals surface area contributed by atoms with Crippen LogP contribution in [0.5, 0.6) is 11.5 Å². The van der Waals surface area contributed by atoms with Gasteiger partial charge in [0.15, 0.2) is 23.0 Å². The molecule has 5 amide bonds. The lowest BCUT2D eigenvalue weighted by Crippen LogP contribution is -2.49. The van der Waals surface area contributed by atoms with Crippen molar-refractivity contribution in [3.63, 3.8) is 0 Å². The molecule has 3 saturated heterocycles. The van der Waals surface area contributed by atoms with Crippen LogP contribution < -0.4 is 30.7 Å². The van der Waals surface area contributed by atoms with Crippen molar-refractivity contribution in [2.24, 2.45) is 24.6 Å². The van der Waals surface area contributed by atoms with Gasteiger partial charge < -0.3 is 35.4 Å². The fourth-order valence-electron chi connectivity index (χ4n) is 12.3. The first-order valence-electron chi connectivity index (χ1n) is 25.8. The van der Waals surface area contributed by atoms with Gasteiger partial charge >= 0.3 is 6.03 Å². The largest absolute Gasteiger partial charge is 0.488 e. The Balaban J connectivity index is 0.735.